The quantitative estimate of drug-likeness (QED) is 0.561. The van der Waals surface area contributed by atoms with Crippen molar-refractivity contribution in [3.8, 4) is 11.1 Å². The van der Waals surface area contributed by atoms with Crippen LogP contribution in [0.1, 0.15) is 32.8 Å². The van der Waals surface area contributed by atoms with E-state index in [0.717, 1.165) is 11.1 Å². The Kier molecular flexibility index (Phi) is 4.96. The van der Waals surface area contributed by atoms with Crippen molar-refractivity contribution in [1.29, 1.82) is 0 Å². The summed E-state index contributed by atoms with van der Waals surface area (Å²) in [6.07, 6.45) is 2.28. The summed E-state index contributed by atoms with van der Waals surface area (Å²) in [5, 5.41) is 0. The summed E-state index contributed by atoms with van der Waals surface area (Å²) in [4.78, 5) is 0. The van der Waals surface area contributed by atoms with Crippen LogP contribution in [0.4, 0.5) is 8.78 Å². The van der Waals surface area contributed by atoms with E-state index in [9.17, 15) is 8.78 Å². The van der Waals surface area contributed by atoms with Crippen LogP contribution in [0.5, 0.6) is 0 Å². The van der Waals surface area contributed by atoms with E-state index in [1.165, 1.54) is 16.7 Å². The third kappa shape index (κ3) is 3.13. The third-order valence-electron chi connectivity index (χ3n) is 4.53. The second kappa shape index (κ2) is 6.81. The van der Waals surface area contributed by atoms with Crippen LogP contribution in [0.2, 0.25) is 9.26 Å². The number of alkyl halides is 2. The minimum atomic E-state index is -1.43. The second-order valence-electron chi connectivity index (χ2n) is 6.51. The molecule has 1 aliphatic rings. The van der Waals surface area contributed by atoms with E-state index in [1.807, 2.05) is 12.1 Å². The van der Waals surface area contributed by atoms with Crippen molar-refractivity contribution >= 4 is 6.08 Å². The van der Waals surface area contributed by atoms with Crippen molar-refractivity contribution in [1.82, 2.24) is 0 Å². The van der Waals surface area contributed by atoms with Gasteiger partial charge in [-0.3, -0.25) is 0 Å². The van der Waals surface area contributed by atoms with Crippen molar-refractivity contribution in [2.24, 2.45) is 0 Å². The molecule has 3 heteroatoms. The van der Waals surface area contributed by atoms with Gasteiger partial charge in [-0.25, -0.2) is 0 Å². The summed E-state index contributed by atoms with van der Waals surface area (Å²) in [7, 11) is 0. The standard InChI is InChI=1S/C18H15F2.2CH3.Zr/c1-12-5-15-3-2-4-17(18(15)6-12)16-8-13(10-19)7-14(9-16)11-20;;;/h2-9H,10-11H2,1H3;2*1H3;. The molecule has 0 heterocycles. The Labute approximate surface area is 144 Å². The molecule has 2 aromatic carbocycles. The minimum absolute atomic E-state index is 0.546. The molecule has 2 aromatic rings. The summed E-state index contributed by atoms with van der Waals surface area (Å²) in [5.74, 6) is 0. The van der Waals surface area contributed by atoms with E-state index in [2.05, 4.69) is 40.5 Å². The topological polar surface area (TPSA) is 0 Å². The fourth-order valence-corrected chi connectivity index (χ4v) is 8.23. The van der Waals surface area contributed by atoms with Crippen molar-refractivity contribution in [3.05, 3.63) is 64.2 Å². The van der Waals surface area contributed by atoms with Gasteiger partial charge in [0.1, 0.15) is 0 Å². The molecule has 0 aromatic heterocycles. The fourth-order valence-electron chi connectivity index (χ4n) is 3.64. The average Bonchev–Trinajstić information content (AvgIpc) is 2.89. The molecule has 0 spiro atoms. The van der Waals surface area contributed by atoms with Gasteiger partial charge in [0.2, 0.25) is 0 Å². The van der Waals surface area contributed by atoms with E-state index in [4.69, 9.17) is 0 Å². The first-order valence-corrected chi connectivity index (χ1v) is 14.2. The van der Waals surface area contributed by atoms with Crippen LogP contribution < -0.4 is 0 Å². The number of allylic oxidation sites excluding steroid dienone is 1. The second-order valence-corrected chi connectivity index (χ2v) is 13.2. The molecule has 1 atom stereocenters. The van der Waals surface area contributed by atoms with Gasteiger partial charge in [0.05, 0.1) is 0 Å². The number of rotatable bonds is 4. The summed E-state index contributed by atoms with van der Waals surface area (Å²) >= 11 is -1.43. The number of halogens is 2. The molecular formula is C20H21F2Zr. The summed E-state index contributed by atoms with van der Waals surface area (Å²) < 4.78 is 31.7. The van der Waals surface area contributed by atoms with E-state index in [0.29, 0.717) is 14.8 Å². The van der Waals surface area contributed by atoms with Gasteiger partial charge in [0.15, 0.2) is 0 Å². The number of fused-ring (bicyclic) bond motifs is 1. The number of benzene rings is 2. The van der Waals surface area contributed by atoms with Gasteiger partial charge in [-0.1, -0.05) is 0 Å². The van der Waals surface area contributed by atoms with Crippen molar-refractivity contribution in [2.75, 3.05) is 0 Å². The third-order valence-corrected chi connectivity index (χ3v) is 9.25. The maximum absolute atomic E-state index is 13.1. The SMILES string of the molecule is CC1=Cc2c(-c3cc(CF)cc(CF)c3)cccc2[CH]1[Zr]([CH3])[CH3]. The van der Waals surface area contributed by atoms with Gasteiger partial charge in [-0.05, 0) is 0 Å². The molecule has 1 unspecified atom stereocenters. The van der Waals surface area contributed by atoms with Crippen molar-refractivity contribution in [2.45, 2.75) is 33.2 Å². The maximum atomic E-state index is 13.1. The molecule has 0 N–H and O–H groups in total. The predicted octanol–water partition coefficient (Wildman–Crippen LogP) is 6.47. The van der Waals surface area contributed by atoms with Gasteiger partial charge in [0, 0.05) is 0 Å². The van der Waals surface area contributed by atoms with E-state index >= 15 is 0 Å². The van der Waals surface area contributed by atoms with Crippen LogP contribution >= 0.6 is 0 Å². The predicted molar refractivity (Wildman–Crippen MR) is 89.6 cm³/mol. The monoisotopic (exact) mass is 389 g/mol. The zero-order valence-electron chi connectivity index (χ0n) is 13.8. The first-order chi connectivity index (χ1) is 11.0. The van der Waals surface area contributed by atoms with Crippen molar-refractivity contribution < 1.29 is 30.5 Å². The van der Waals surface area contributed by atoms with E-state index in [-0.39, 0.29) is 0 Å². The van der Waals surface area contributed by atoms with Gasteiger partial charge >= 0.3 is 145 Å². The first-order valence-electron chi connectivity index (χ1n) is 7.91. The molecular weight excluding hydrogens is 369 g/mol. The molecule has 0 fully saturated rings. The fraction of sp³-hybridized carbons (Fsp3) is 0.300. The first kappa shape index (κ1) is 16.8. The van der Waals surface area contributed by atoms with E-state index in [1.54, 1.807) is 6.07 Å². The molecule has 119 valence electrons. The Bertz CT molecular complexity index is 740. The van der Waals surface area contributed by atoms with Crippen LogP contribution in [0.3, 0.4) is 0 Å². The average molecular weight is 391 g/mol. The molecule has 1 aliphatic carbocycles. The van der Waals surface area contributed by atoms with Crippen LogP contribution in [0.25, 0.3) is 17.2 Å². The summed E-state index contributed by atoms with van der Waals surface area (Å²) in [5.41, 5.74) is 7.21. The molecule has 0 bridgehead atoms. The van der Waals surface area contributed by atoms with Gasteiger partial charge in [-0.2, -0.15) is 0 Å². The normalized spacial score (nSPS) is 16.2. The Morgan fingerprint density at radius 3 is 2.22 bits per heavy atom. The number of hydrogen-bond donors (Lipinski definition) is 0. The van der Waals surface area contributed by atoms with Crippen LogP contribution in [0.15, 0.2) is 42.0 Å². The molecule has 0 aliphatic heterocycles. The van der Waals surface area contributed by atoms with Crippen LogP contribution in [0, 0.1) is 0 Å². The Morgan fingerprint density at radius 1 is 1.00 bits per heavy atom. The van der Waals surface area contributed by atoms with Gasteiger partial charge in [-0.15, -0.1) is 0 Å². The molecule has 0 nitrogen and oxygen atoms in total. The zero-order valence-corrected chi connectivity index (χ0v) is 16.2. The molecule has 0 saturated heterocycles. The number of hydrogen-bond acceptors (Lipinski definition) is 0. The molecule has 23 heavy (non-hydrogen) atoms. The summed E-state index contributed by atoms with van der Waals surface area (Å²) in [6.45, 7) is 1.09. The Balaban J connectivity index is 2.17. The Morgan fingerprint density at radius 2 is 1.65 bits per heavy atom. The van der Waals surface area contributed by atoms with Gasteiger partial charge in [0.25, 0.3) is 0 Å². The summed E-state index contributed by atoms with van der Waals surface area (Å²) in [6, 6.07) is 11.7. The van der Waals surface area contributed by atoms with E-state index < -0.39 is 35.1 Å². The molecule has 0 amide bonds. The molecule has 0 saturated carbocycles. The van der Waals surface area contributed by atoms with Gasteiger partial charge < -0.3 is 0 Å². The van der Waals surface area contributed by atoms with Crippen LogP contribution in [-0.4, -0.2) is 0 Å². The molecule has 0 radical (unpaired) electrons. The zero-order chi connectivity index (χ0) is 16.6. The van der Waals surface area contributed by atoms with Crippen LogP contribution in [-0.2, 0) is 35.1 Å². The Hall–Kier alpha value is -1.08. The molecule has 3 rings (SSSR count). The van der Waals surface area contributed by atoms with Crippen molar-refractivity contribution in [3.63, 3.8) is 0 Å².